The molecule has 1 aromatic heterocycles. The molecule has 4 nitrogen and oxygen atoms in total. The van der Waals surface area contributed by atoms with Crippen LogP contribution in [0, 0.1) is 0 Å². The van der Waals surface area contributed by atoms with Crippen molar-refractivity contribution in [1.29, 1.82) is 0 Å². The molecular formula is C11H11BrN2O2S. The van der Waals surface area contributed by atoms with E-state index in [1.165, 1.54) is 16.2 Å². The van der Waals surface area contributed by atoms with Crippen molar-refractivity contribution in [3.8, 4) is 0 Å². The van der Waals surface area contributed by atoms with Crippen molar-refractivity contribution in [3.05, 3.63) is 26.5 Å². The first-order valence-electron chi connectivity index (χ1n) is 5.20. The first-order valence-corrected chi connectivity index (χ1v) is 6.87. The Kier molecular flexibility index (Phi) is 3.63. The summed E-state index contributed by atoms with van der Waals surface area (Å²) in [6.45, 7) is 2.38. The van der Waals surface area contributed by atoms with E-state index in [1.807, 2.05) is 18.4 Å². The highest BCUT2D eigenvalue weighted by atomic mass is 79.9. The van der Waals surface area contributed by atoms with Gasteiger partial charge in [0.15, 0.2) is 0 Å². The number of hydrogen-bond donors (Lipinski definition) is 1. The minimum absolute atomic E-state index is 0.249. The fourth-order valence-electron chi connectivity index (χ4n) is 1.54. The van der Waals surface area contributed by atoms with Crippen LogP contribution in [0.25, 0.3) is 6.08 Å². The van der Waals surface area contributed by atoms with Gasteiger partial charge >= 0.3 is 6.03 Å². The molecule has 0 aromatic carbocycles. The minimum atomic E-state index is -0.335. The van der Waals surface area contributed by atoms with E-state index in [-0.39, 0.29) is 11.9 Å². The molecule has 1 aromatic rings. The molecule has 17 heavy (non-hydrogen) atoms. The maximum absolute atomic E-state index is 11.9. The second kappa shape index (κ2) is 5.01. The molecule has 1 fully saturated rings. The van der Waals surface area contributed by atoms with Gasteiger partial charge in [0.2, 0.25) is 0 Å². The van der Waals surface area contributed by atoms with Crippen molar-refractivity contribution >= 4 is 45.3 Å². The third-order valence-corrected chi connectivity index (χ3v) is 3.92. The summed E-state index contributed by atoms with van der Waals surface area (Å²) in [5, 5.41) is 4.51. The molecule has 0 spiro atoms. The lowest BCUT2D eigenvalue weighted by atomic mass is 10.3. The summed E-state index contributed by atoms with van der Waals surface area (Å²) in [4.78, 5) is 25.6. The standard InChI is InChI=1S/C11H11BrN2O2S/c1-2-3-14-10(15)9(13-11(14)16)5-8-4-7(12)6-17-8/h4-6H,2-3H2,1H3,(H,13,16)/b9-5+. The molecule has 1 N–H and O–H groups in total. The van der Waals surface area contributed by atoms with Gasteiger partial charge in [-0.1, -0.05) is 6.92 Å². The van der Waals surface area contributed by atoms with Crippen LogP contribution in [0.15, 0.2) is 21.6 Å². The van der Waals surface area contributed by atoms with Crippen LogP contribution in [0.3, 0.4) is 0 Å². The van der Waals surface area contributed by atoms with E-state index in [0.717, 1.165) is 15.8 Å². The first-order chi connectivity index (χ1) is 8.11. The highest BCUT2D eigenvalue weighted by Gasteiger charge is 2.32. The number of carbonyl (C=O) groups excluding carboxylic acids is 2. The number of nitrogens with zero attached hydrogens (tertiary/aromatic N) is 1. The Morgan fingerprint density at radius 2 is 2.29 bits per heavy atom. The second-order valence-electron chi connectivity index (χ2n) is 3.61. The normalized spacial score (nSPS) is 18.0. The van der Waals surface area contributed by atoms with Gasteiger partial charge < -0.3 is 5.32 Å². The predicted octanol–water partition coefficient (Wildman–Crippen LogP) is 2.81. The number of thiophene rings is 1. The summed E-state index contributed by atoms with van der Waals surface area (Å²) in [5.41, 5.74) is 0.345. The summed E-state index contributed by atoms with van der Waals surface area (Å²) < 4.78 is 0.969. The number of amides is 3. The van der Waals surface area contributed by atoms with Crippen LogP contribution < -0.4 is 5.32 Å². The number of rotatable bonds is 3. The molecule has 6 heteroatoms. The number of imide groups is 1. The van der Waals surface area contributed by atoms with E-state index in [2.05, 4.69) is 21.2 Å². The monoisotopic (exact) mass is 314 g/mol. The van der Waals surface area contributed by atoms with Gasteiger partial charge in [-0.05, 0) is 34.5 Å². The average molecular weight is 315 g/mol. The van der Waals surface area contributed by atoms with Crippen molar-refractivity contribution in [3.63, 3.8) is 0 Å². The second-order valence-corrected chi connectivity index (χ2v) is 5.47. The van der Waals surface area contributed by atoms with Gasteiger partial charge in [0.05, 0.1) is 0 Å². The predicted molar refractivity (Wildman–Crippen MR) is 70.5 cm³/mol. The summed E-state index contributed by atoms with van der Waals surface area (Å²) in [5.74, 6) is -0.249. The zero-order valence-electron chi connectivity index (χ0n) is 9.20. The number of carbonyl (C=O) groups is 2. The van der Waals surface area contributed by atoms with E-state index in [0.29, 0.717) is 12.2 Å². The summed E-state index contributed by atoms with van der Waals surface area (Å²) in [6, 6.07) is 1.57. The molecule has 1 aliphatic heterocycles. The zero-order valence-corrected chi connectivity index (χ0v) is 11.6. The largest absolute Gasteiger partial charge is 0.329 e. The fourth-order valence-corrected chi connectivity index (χ4v) is 2.92. The van der Waals surface area contributed by atoms with Crippen LogP contribution in [0.5, 0.6) is 0 Å². The SMILES string of the molecule is CCCN1C(=O)N/C(=C/c2cc(Br)cs2)C1=O. The fraction of sp³-hybridized carbons (Fsp3) is 0.273. The minimum Gasteiger partial charge on any atom is -0.303 e. The van der Waals surface area contributed by atoms with E-state index < -0.39 is 0 Å². The van der Waals surface area contributed by atoms with Gasteiger partial charge in [-0.3, -0.25) is 9.69 Å². The Morgan fingerprint density at radius 3 is 2.88 bits per heavy atom. The Bertz CT molecular complexity index is 495. The van der Waals surface area contributed by atoms with E-state index in [4.69, 9.17) is 0 Å². The van der Waals surface area contributed by atoms with Crippen molar-refractivity contribution in [1.82, 2.24) is 10.2 Å². The van der Waals surface area contributed by atoms with Crippen molar-refractivity contribution in [2.75, 3.05) is 6.54 Å². The molecule has 0 radical (unpaired) electrons. The van der Waals surface area contributed by atoms with Gasteiger partial charge in [0.25, 0.3) is 5.91 Å². The van der Waals surface area contributed by atoms with Crippen LogP contribution in [0.2, 0.25) is 0 Å². The molecule has 0 saturated carbocycles. The maximum Gasteiger partial charge on any atom is 0.329 e. The molecule has 2 rings (SSSR count). The van der Waals surface area contributed by atoms with Crippen LogP contribution in [-0.4, -0.2) is 23.4 Å². The average Bonchev–Trinajstić information content (AvgIpc) is 2.79. The molecule has 90 valence electrons. The molecule has 3 amide bonds. The lowest BCUT2D eigenvalue weighted by Gasteiger charge is -2.08. The lowest BCUT2D eigenvalue weighted by Crippen LogP contribution is -2.31. The van der Waals surface area contributed by atoms with Gasteiger partial charge in [0, 0.05) is 21.3 Å². The summed E-state index contributed by atoms with van der Waals surface area (Å²) in [7, 11) is 0. The van der Waals surface area contributed by atoms with Crippen LogP contribution in [0.4, 0.5) is 4.79 Å². The topological polar surface area (TPSA) is 49.4 Å². The zero-order chi connectivity index (χ0) is 12.4. The van der Waals surface area contributed by atoms with E-state index in [9.17, 15) is 9.59 Å². The highest BCUT2D eigenvalue weighted by Crippen LogP contribution is 2.23. The number of nitrogens with one attached hydrogen (secondary N) is 1. The summed E-state index contributed by atoms with van der Waals surface area (Å²) >= 11 is 4.85. The number of urea groups is 1. The Hall–Kier alpha value is -1.14. The van der Waals surface area contributed by atoms with Crippen LogP contribution in [0.1, 0.15) is 18.2 Å². The molecule has 2 heterocycles. The summed E-state index contributed by atoms with van der Waals surface area (Å²) in [6.07, 6.45) is 2.46. The van der Waals surface area contributed by atoms with Gasteiger partial charge in [0.1, 0.15) is 5.70 Å². The van der Waals surface area contributed by atoms with Gasteiger partial charge in [-0.15, -0.1) is 11.3 Å². The number of halogens is 1. The maximum atomic E-state index is 11.9. The Labute approximate surface area is 111 Å². The first kappa shape index (κ1) is 12.3. The van der Waals surface area contributed by atoms with Crippen LogP contribution >= 0.6 is 27.3 Å². The quantitative estimate of drug-likeness (QED) is 0.689. The van der Waals surface area contributed by atoms with Gasteiger partial charge in [-0.2, -0.15) is 0 Å². The molecule has 1 saturated heterocycles. The third-order valence-electron chi connectivity index (χ3n) is 2.28. The lowest BCUT2D eigenvalue weighted by molar-refractivity contribution is -0.122. The van der Waals surface area contributed by atoms with Crippen molar-refractivity contribution in [2.45, 2.75) is 13.3 Å². The molecule has 0 aliphatic carbocycles. The molecule has 0 unspecified atom stereocenters. The molecule has 0 bridgehead atoms. The highest BCUT2D eigenvalue weighted by molar-refractivity contribution is 9.10. The third kappa shape index (κ3) is 2.58. The van der Waals surface area contributed by atoms with Crippen molar-refractivity contribution in [2.24, 2.45) is 0 Å². The van der Waals surface area contributed by atoms with Gasteiger partial charge in [-0.25, -0.2) is 4.79 Å². The van der Waals surface area contributed by atoms with E-state index in [1.54, 1.807) is 6.08 Å². The number of hydrogen-bond acceptors (Lipinski definition) is 3. The molecule has 1 aliphatic rings. The smallest absolute Gasteiger partial charge is 0.303 e. The van der Waals surface area contributed by atoms with E-state index >= 15 is 0 Å². The van der Waals surface area contributed by atoms with Crippen LogP contribution in [-0.2, 0) is 4.79 Å². The Balaban J connectivity index is 2.21. The molecular weight excluding hydrogens is 304 g/mol. The molecule has 0 atom stereocenters. The Morgan fingerprint density at radius 1 is 1.53 bits per heavy atom. The van der Waals surface area contributed by atoms with Crippen molar-refractivity contribution < 1.29 is 9.59 Å².